The minimum absolute atomic E-state index is 0.00480. The van der Waals surface area contributed by atoms with Crippen LogP contribution >= 0.6 is 0 Å². The Morgan fingerprint density at radius 1 is 1.08 bits per heavy atom. The molecule has 0 bridgehead atoms. The lowest BCUT2D eigenvalue weighted by Crippen LogP contribution is -2.44. The number of likely N-dealkylation sites (tertiary alicyclic amines) is 1. The highest BCUT2D eigenvalue weighted by Crippen LogP contribution is 2.24. The highest BCUT2D eigenvalue weighted by molar-refractivity contribution is 5.78. The van der Waals surface area contributed by atoms with Gasteiger partial charge in [0, 0.05) is 31.2 Å². The molecule has 2 aliphatic rings. The molecule has 1 N–H and O–H groups in total. The Labute approximate surface area is 152 Å². The smallest absolute Gasteiger partial charge is 0.371 e. The number of carbonyl (C=O) groups is 1. The molecular formula is C19H26F3N3O. The molecule has 1 aromatic carbocycles. The van der Waals surface area contributed by atoms with Crippen molar-refractivity contribution < 1.29 is 18.0 Å². The second-order valence-electron chi connectivity index (χ2n) is 7.35. The average Bonchev–Trinajstić information content (AvgIpc) is 3.09. The lowest BCUT2D eigenvalue weighted by molar-refractivity contribution is -0.149. The molecular weight excluding hydrogens is 343 g/mol. The van der Waals surface area contributed by atoms with Crippen LogP contribution in [0.3, 0.4) is 0 Å². The van der Waals surface area contributed by atoms with Crippen LogP contribution in [0.4, 0.5) is 18.9 Å². The van der Waals surface area contributed by atoms with E-state index < -0.39 is 12.7 Å². The number of piperidine rings is 1. The Bertz CT molecular complexity index is 585. The normalized spacial score (nSPS) is 22.6. The van der Waals surface area contributed by atoms with Gasteiger partial charge in [0.15, 0.2) is 0 Å². The molecule has 2 aliphatic heterocycles. The van der Waals surface area contributed by atoms with E-state index in [0.29, 0.717) is 38.4 Å². The summed E-state index contributed by atoms with van der Waals surface area (Å²) in [6.45, 7) is 2.35. The number of halogens is 3. The number of hydrogen-bond acceptors (Lipinski definition) is 3. The molecule has 1 amide bonds. The molecule has 1 atom stereocenters. The number of alkyl halides is 3. The third-order valence-corrected chi connectivity index (χ3v) is 5.33. The Morgan fingerprint density at radius 3 is 2.42 bits per heavy atom. The number of hydrogen-bond donors (Lipinski definition) is 1. The van der Waals surface area contributed by atoms with Crippen molar-refractivity contribution in [2.45, 2.75) is 25.4 Å². The highest BCUT2D eigenvalue weighted by Gasteiger charge is 2.34. The Hall–Kier alpha value is -1.76. The van der Waals surface area contributed by atoms with Crippen LogP contribution in [0.2, 0.25) is 0 Å². The van der Waals surface area contributed by atoms with Crippen molar-refractivity contribution in [3.8, 4) is 0 Å². The molecule has 1 aromatic rings. The van der Waals surface area contributed by atoms with E-state index in [1.807, 2.05) is 18.2 Å². The van der Waals surface area contributed by atoms with Crippen LogP contribution in [0.5, 0.6) is 0 Å². The molecule has 0 aliphatic carbocycles. The first kappa shape index (κ1) is 19.0. The largest absolute Gasteiger partial charge is 0.401 e. The summed E-state index contributed by atoms with van der Waals surface area (Å²) in [5, 5.41) is 3.02. The Morgan fingerprint density at radius 2 is 1.77 bits per heavy atom. The Balaban J connectivity index is 1.37. The number of carbonyl (C=O) groups excluding carboxylic acids is 1. The fourth-order valence-corrected chi connectivity index (χ4v) is 3.87. The SMILES string of the molecule is O=C(NC[C@H]1CCN(c2ccccc2)C1)C1CCN(CC(F)(F)F)CC1. The van der Waals surface area contributed by atoms with Crippen LogP contribution in [-0.4, -0.2) is 56.3 Å². The van der Waals surface area contributed by atoms with E-state index in [1.54, 1.807) is 0 Å². The van der Waals surface area contributed by atoms with Crippen molar-refractivity contribution in [2.24, 2.45) is 11.8 Å². The zero-order valence-corrected chi connectivity index (χ0v) is 14.8. The maximum atomic E-state index is 12.4. The lowest BCUT2D eigenvalue weighted by atomic mass is 9.95. The molecule has 2 heterocycles. The van der Waals surface area contributed by atoms with Crippen molar-refractivity contribution in [1.29, 1.82) is 0 Å². The van der Waals surface area contributed by atoms with Gasteiger partial charge in [-0.2, -0.15) is 13.2 Å². The Kier molecular flexibility index (Phi) is 6.06. The quantitative estimate of drug-likeness (QED) is 0.867. The standard InChI is InChI=1S/C19H26F3N3O/c20-19(21,22)14-24-9-7-16(8-10-24)18(26)23-12-15-6-11-25(13-15)17-4-2-1-3-5-17/h1-5,15-16H,6-14H2,(H,23,26)/t15-/m1/s1. The van der Waals surface area contributed by atoms with Crippen molar-refractivity contribution in [3.05, 3.63) is 30.3 Å². The number of benzene rings is 1. The summed E-state index contributed by atoms with van der Waals surface area (Å²) in [7, 11) is 0. The van der Waals surface area contributed by atoms with Crippen LogP contribution in [-0.2, 0) is 4.79 Å². The van der Waals surface area contributed by atoms with Gasteiger partial charge in [-0.1, -0.05) is 18.2 Å². The predicted octanol–water partition coefficient (Wildman–Crippen LogP) is 2.90. The third kappa shape index (κ3) is 5.37. The van der Waals surface area contributed by atoms with Crippen LogP contribution in [0, 0.1) is 11.8 Å². The van der Waals surface area contributed by atoms with Gasteiger partial charge in [0.2, 0.25) is 5.91 Å². The molecule has 0 spiro atoms. The fraction of sp³-hybridized carbons (Fsp3) is 0.632. The zero-order chi connectivity index (χ0) is 18.6. The van der Waals surface area contributed by atoms with Crippen LogP contribution in [0.1, 0.15) is 19.3 Å². The summed E-state index contributed by atoms with van der Waals surface area (Å²) in [4.78, 5) is 16.0. The summed E-state index contributed by atoms with van der Waals surface area (Å²) >= 11 is 0. The summed E-state index contributed by atoms with van der Waals surface area (Å²) in [6.07, 6.45) is -2.12. The molecule has 2 fully saturated rings. The van der Waals surface area contributed by atoms with Crippen molar-refractivity contribution in [1.82, 2.24) is 10.2 Å². The van der Waals surface area contributed by atoms with E-state index in [9.17, 15) is 18.0 Å². The molecule has 26 heavy (non-hydrogen) atoms. The van der Waals surface area contributed by atoms with Crippen molar-refractivity contribution >= 4 is 11.6 Å². The second-order valence-corrected chi connectivity index (χ2v) is 7.35. The molecule has 4 nitrogen and oxygen atoms in total. The number of rotatable bonds is 5. The summed E-state index contributed by atoms with van der Waals surface area (Å²) in [5.74, 6) is 0.255. The molecule has 0 saturated carbocycles. The lowest BCUT2D eigenvalue weighted by Gasteiger charge is -2.31. The molecule has 7 heteroatoms. The number of para-hydroxylation sites is 1. The van der Waals surface area contributed by atoms with E-state index >= 15 is 0 Å². The number of anilines is 1. The molecule has 3 rings (SSSR count). The topological polar surface area (TPSA) is 35.6 Å². The van der Waals surface area contributed by atoms with Crippen molar-refractivity contribution in [3.63, 3.8) is 0 Å². The first-order valence-electron chi connectivity index (χ1n) is 9.27. The van der Waals surface area contributed by atoms with Gasteiger partial charge in [-0.15, -0.1) is 0 Å². The summed E-state index contributed by atoms with van der Waals surface area (Å²) < 4.78 is 37.3. The summed E-state index contributed by atoms with van der Waals surface area (Å²) in [6, 6.07) is 10.2. The number of nitrogens with zero attached hydrogens (tertiary/aromatic N) is 2. The molecule has 0 aromatic heterocycles. The van der Waals surface area contributed by atoms with Gasteiger partial charge in [-0.3, -0.25) is 9.69 Å². The molecule has 144 valence electrons. The van der Waals surface area contributed by atoms with Crippen molar-refractivity contribution in [2.75, 3.05) is 44.2 Å². The third-order valence-electron chi connectivity index (χ3n) is 5.33. The van der Waals surface area contributed by atoms with E-state index in [4.69, 9.17) is 0 Å². The fourth-order valence-electron chi connectivity index (χ4n) is 3.87. The van der Waals surface area contributed by atoms with Gasteiger partial charge < -0.3 is 10.2 Å². The van der Waals surface area contributed by atoms with Gasteiger partial charge in [-0.05, 0) is 50.4 Å². The maximum Gasteiger partial charge on any atom is 0.401 e. The monoisotopic (exact) mass is 369 g/mol. The van der Waals surface area contributed by atoms with Gasteiger partial charge in [0.25, 0.3) is 0 Å². The first-order chi connectivity index (χ1) is 12.4. The van der Waals surface area contributed by atoms with E-state index in [0.717, 1.165) is 19.5 Å². The number of nitrogens with one attached hydrogen (secondary N) is 1. The average molecular weight is 369 g/mol. The minimum Gasteiger partial charge on any atom is -0.371 e. The van der Waals surface area contributed by atoms with E-state index in [2.05, 4.69) is 22.3 Å². The zero-order valence-electron chi connectivity index (χ0n) is 14.8. The summed E-state index contributed by atoms with van der Waals surface area (Å²) in [5.41, 5.74) is 1.21. The van der Waals surface area contributed by atoms with Crippen LogP contribution in [0.25, 0.3) is 0 Å². The van der Waals surface area contributed by atoms with E-state index in [-0.39, 0.29) is 11.8 Å². The molecule has 0 radical (unpaired) electrons. The maximum absolute atomic E-state index is 12.4. The van der Waals surface area contributed by atoms with E-state index in [1.165, 1.54) is 10.6 Å². The van der Waals surface area contributed by atoms with Gasteiger partial charge in [-0.25, -0.2) is 0 Å². The van der Waals surface area contributed by atoms with Gasteiger partial charge >= 0.3 is 6.18 Å². The van der Waals surface area contributed by atoms with Crippen LogP contribution < -0.4 is 10.2 Å². The van der Waals surface area contributed by atoms with Gasteiger partial charge in [0.1, 0.15) is 0 Å². The highest BCUT2D eigenvalue weighted by atomic mass is 19.4. The second kappa shape index (κ2) is 8.29. The van der Waals surface area contributed by atoms with Crippen LogP contribution in [0.15, 0.2) is 30.3 Å². The predicted molar refractivity (Wildman–Crippen MR) is 95.0 cm³/mol. The number of amides is 1. The first-order valence-corrected chi connectivity index (χ1v) is 9.27. The molecule has 0 unspecified atom stereocenters. The molecule has 2 saturated heterocycles. The van der Waals surface area contributed by atoms with Gasteiger partial charge in [0.05, 0.1) is 6.54 Å². The minimum atomic E-state index is -4.16.